The average Bonchev–Trinajstić information content (AvgIpc) is 3.01. The Morgan fingerprint density at radius 3 is 1.90 bits per heavy atom. The second-order valence-corrected chi connectivity index (χ2v) is 10.6. The summed E-state index contributed by atoms with van der Waals surface area (Å²) in [7, 11) is 0. The minimum absolute atomic E-state index is 0.0947. The van der Waals surface area contributed by atoms with E-state index in [0.717, 1.165) is 61.8 Å². The van der Waals surface area contributed by atoms with E-state index >= 15 is 0 Å². The molecule has 0 aliphatic rings. The third kappa shape index (κ3) is 11.4. The van der Waals surface area contributed by atoms with Crippen LogP contribution in [0.1, 0.15) is 105 Å². The number of esters is 2. The van der Waals surface area contributed by atoms with E-state index in [9.17, 15) is 9.59 Å². The van der Waals surface area contributed by atoms with E-state index in [1.165, 1.54) is 19.3 Å². The highest BCUT2D eigenvalue weighted by atomic mass is 16.5. The number of hydrogen-bond donors (Lipinski definition) is 0. The second-order valence-electron chi connectivity index (χ2n) is 10.6. The maximum absolute atomic E-state index is 12.6. The van der Waals surface area contributed by atoms with Crippen LogP contribution in [-0.2, 0) is 4.74 Å². The Labute approximate surface area is 250 Å². The maximum Gasteiger partial charge on any atom is 0.343 e. The van der Waals surface area contributed by atoms with Gasteiger partial charge in [-0.05, 0) is 92.3 Å². The number of rotatable bonds is 18. The van der Waals surface area contributed by atoms with E-state index in [1.807, 2.05) is 31.2 Å². The fraction of sp³-hybridized carbons (Fsp3) is 0.417. The molecule has 0 bridgehead atoms. The normalized spacial score (nSPS) is 11.4. The second kappa shape index (κ2) is 18.3. The van der Waals surface area contributed by atoms with E-state index in [4.69, 9.17) is 19.5 Å². The fourth-order valence-corrected chi connectivity index (χ4v) is 4.56. The van der Waals surface area contributed by atoms with Gasteiger partial charge in [0, 0.05) is 6.42 Å². The summed E-state index contributed by atoms with van der Waals surface area (Å²) < 4.78 is 16.9. The quantitative estimate of drug-likeness (QED) is 0.0862. The van der Waals surface area contributed by atoms with Crippen LogP contribution in [0.5, 0.6) is 11.5 Å². The van der Waals surface area contributed by atoms with Gasteiger partial charge >= 0.3 is 11.9 Å². The Balaban J connectivity index is 1.43. The van der Waals surface area contributed by atoms with Gasteiger partial charge in [0.2, 0.25) is 0 Å². The maximum atomic E-state index is 12.6. The lowest BCUT2D eigenvalue weighted by atomic mass is 10.0. The lowest BCUT2D eigenvalue weighted by Gasteiger charge is -2.13. The Hall–Kier alpha value is -4.11. The van der Waals surface area contributed by atoms with Crippen molar-refractivity contribution in [1.29, 1.82) is 5.26 Å². The molecule has 1 atom stereocenters. The van der Waals surface area contributed by atoms with Gasteiger partial charge in [0.25, 0.3) is 0 Å². The molecule has 0 saturated carbocycles. The number of benzene rings is 3. The van der Waals surface area contributed by atoms with Crippen LogP contribution >= 0.6 is 0 Å². The van der Waals surface area contributed by atoms with Gasteiger partial charge in [0.15, 0.2) is 0 Å². The molecule has 3 aromatic carbocycles. The van der Waals surface area contributed by atoms with Gasteiger partial charge in [-0.25, -0.2) is 9.59 Å². The molecular formula is C36H43NO5. The number of hydrogen-bond acceptors (Lipinski definition) is 6. The summed E-state index contributed by atoms with van der Waals surface area (Å²) in [6.07, 6.45) is 11.2. The Morgan fingerprint density at radius 2 is 1.24 bits per heavy atom. The third-order valence-electron chi connectivity index (χ3n) is 7.08. The highest BCUT2D eigenvalue weighted by Gasteiger charge is 2.13. The molecule has 0 N–H and O–H groups in total. The van der Waals surface area contributed by atoms with Gasteiger partial charge in [-0.3, -0.25) is 0 Å². The van der Waals surface area contributed by atoms with Gasteiger partial charge in [0.1, 0.15) is 11.5 Å². The Morgan fingerprint density at radius 1 is 0.690 bits per heavy atom. The smallest absolute Gasteiger partial charge is 0.343 e. The first kappa shape index (κ1) is 32.4. The molecule has 42 heavy (non-hydrogen) atoms. The van der Waals surface area contributed by atoms with E-state index in [-0.39, 0.29) is 12.1 Å². The lowest BCUT2D eigenvalue weighted by molar-refractivity contribution is 0.0319. The van der Waals surface area contributed by atoms with Crippen molar-refractivity contribution >= 4 is 11.9 Å². The van der Waals surface area contributed by atoms with Crippen LogP contribution in [0.3, 0.4) is 0 Å². The van der Waals surface area contributed by atoms with Crippen LogP contribution in [0, 0.1) is 11.3 Å². The number of nitriles is 1. The summed E-state index contributed by atoms with van der Waals surface area (Å²) in [6, 6.07) is 23.8. The molecule has 0 saturated heterocycles. The van der Waals surface area contributed by atoms with Crippen molar-refractivity contribution in [2.45, 2.75) is 90.6 Å². The van der Waals surface area contributed by atoms with Gasteiger partial charge in [-0.15, -0.1) is 0 Å². The molecule has 0 aliphatic heterocycles. The van der Waals surface area contributed by atoms with Gasteiger partial charge < -0.3 is 14.2 Å². The number of carbonyl (C=O) groups is 2. The predicted molar refractivity (Wildman–Crippen MR) is 166 cm³/mol. The van der Waals surface area contributed by atoms with E-state index in [2.05, 4.69) is 13.0 Å². The van der Waals surface area contributed by atoms with Crippen molar-refractivity contribution in [1.82, 2.24) is 0 Å². The van der Waals surface area contributed by atoms with Crippen LogP contribution in [-0.4, -0.2) is 24.6 Å². The minimum Gasteiger partial charge on any atom is -0.494 e. The van der Waals surface area contributed by atoms with E-state index in [0.29, 0.717) is 29.9 Å². The van der Waals surface area contributed by atoms with Crippen molar-refractivity contribution in [3.05, 3.63) is 83.9 Å². The van der Waals surface area contributed by atoms with Crippen LogP contribution < -0.4 is 9.47 Å². The molecule has 0 radical (unpaired) electrons. The molecule has 0 spiro atoms. The lowest BCUT2D eigenvalue weighted by Crippen LogP contribution is -2.15. The third-order valence-corrected chi connectivity index (χ3v) is 7.08. The summed E-state index contributed by atoms with van der Waals surface area (Å²) in [5.41, 5.74) is 2.88. The largest absolute Gasteiger partial charge is 0.494 e. The highest BCUT2D eigenvalue weighted by Crippen LogP contribution is 2.24. The summed E-state index contributed by atoms with van der Waals surface area (Å²) in [5.74, 6) is 0.434. The average molecular weight is 570 g/mol. The topological polar surface area (TPSA) is 85.6 Å². The first-order valence-electron chi connectivity index (χ1n) is 15.2. The zero-order chi connectivity index (χ0) is 30.0. The SMILES string of the molecule is CCCCCCC(C)OC(=O)c1ccc(-c2ccc(OC(=O)c3ccc(OCCCCCCCC#N)cc3)cc2)cc1. The monoisotopic (exact) mass is 569 g/mol. The van der Waals surface area contributed by atoms with E-state index < -0.39 is 5.97 Å². The van der Waals surface area contributed by atoms with Crippen LogP contribution in [0.15, 0.2) is 72.8 Å². The van der Waals surface area contributed by atoms with E-state index in [1.54, 1.807) is 48.5 Å². The van der Waals surface area contributed by atoms with Gasteiger partial charge in [-0.2, -0.15) is 5.26 Å². The Bertz CT molecular complexity index is 1260. The van der Waals surface area contributed by atoms with Crippen molar-refractivity contribution < 1.29 is 23.8 Å². The summed E-state index contributed by atoms with van der Waals surface area (Å²) in [6.45, 7) is 4.75. The van der Waals surface area contributed by atoms with Crippen LogP contribution in [0.2, 0.25) is 0 Å². The number of ether oxygens (including phenoxy) is 3. The molecule has 222 valence electrons. The molecule has 0 aliphatic carbocycles. The number of carbonyl (C=O) groups excluding carboxylic acids is 2. The van der Waals surface area contributed by atoms with Crippen molar-refractivity contribution in [2.75, 3.05) is 6.61 Å². The Kier molecular flexibility index (Phi) is 14.2. The molecule has 3 rings (SSSR count). The van der Waals surface area contributed by atoms with Crippen LogP contribution in [0.25, 0.3) is 11.1 Å². The molecule has 0 amide bonds. The van der Waals surface area contributed by atoms with Crippen LogP contribution in [0.4, 0.5) is 0 Å². The standard InChI is InChI=1S/C36H43NO5/c1-3-4-5-10-13-28(2)41-35(38)31-16-14-29(15-17-31)30-18-24-34(25-19-30)42-36(39)32-20-22-33(23-21-32)40-27-12-9-7-6-8-11-26-37/h14-25,28H,3-13,27H2,1-2H3. The molecule has 0 heterocycles. The summed E-state index contributed by atoms with van der Waals surface area (Å²) >= 11 is 0. The molecule has 6 nitrogen and oxygen atoms in total. The highest BCUT2D eigenvalue weighted by molar-refractivity contribution is 5.91. The van der Waals surface area contributed by atoms with Crippen molar-refractivity contribution in [2.24, 2.45) is 0 Å². The zero-order valence-corrected chi connectivity index (χ0v) is 25.0. The number of unbranched alkanes of at least 4 members (excludes halogenated alkanes) is 8. The zero-order valence-electron chi connectivity index (χ0n) is 25.0. The molecule has 1 unspecified atom stereocenters. The van der Waals surface area contributed by atoms with Crippen molar-refractivity contribution in [3.63, 3.8) is 0 Å². The summed E-state index contributed by atoms with van der Waals surface area (Å²) in [4.78, 5) is 25.1. The predicted octanol–water partition coefficient (Wildman–Crippen LogP) is 9.33. The molecule has 0 fully saturated rings. The molecule has 3 aromatic rings. The van der Waals surface area contributed by atoms with Crippen molar-refractivity contribution in [3.8, 4) is 28.7 Å². The molecular weight excluding hydrogens is 526 g/mol. The first-order chi connectivity index (χ1) is 20.5. The first-order valence-corrected chi connectivity index (χ1v) is 15.2. The summed E-state index contributed by atoms with van der Waals surface area (Å²) in [5, 5.41) is 8.56. The molecule has 0 aromatic heterocycles. The van der Waals surface area contributed by atoms with Gasteiger partial charge in [0.05, 0.1) is 29.9 Å². The van der Waals surface area contributed by atoms with Gasteiger partial charge in [-0.1, -0.05) is 69.7 Å². The fourth-order valence-electron chi connectivity index (χ4n) is 4.56. The minimum atomic E-state index is -0.436. The molecule has 6 heteroatoms. The number of nitrogens with zero attached hydrogens (tertiary/aromatic N) is 1.